The SMILES string of the molecule is N#Cc1ccccc1OCC(=O)N[C@@H](CC(=O)O)C(=O)O. The van der Waals surface area contributed by atoms with Crippen LogP contribution in [0.5, 0.6) is 5.75 Å². The molecule has 1 atom stereocenters. The van der Waals surface area contributed by atoms with Gasteiger partial charge in [-0.1, -0.05) is 12.1 Å². The molecule has 0 aliphatic rings. The summed E-state index contributed by atoms with van der Waals surface area (Å²) in [6.45, 7) is -0.526. The molecule has 1 aromatic carbocycles. The zero-order chi connectivity index (χ0) is 15.8. The van der Waals surface area contributed by atoms with Crippen LogP contribution in [0.2, 0.25) is 0 Å². The first-order valence-corrected chi connectivity index (χ1v) is 5.80. The minimum Gasteiger partial charge on any atom is -0.482 e. The van der Waals surface area contributed by atoms with E-state index in [1.54, 1.807) is 12.1 Å². The normalized spacial score (nSPS) is 11.0. The number of hydrogen-bond acceptors (Lipinski definition) is 5. The Morgan fingerprint density at radius 3 is 2.52 bits per heavy atom. The second kappa shape index (κ2) is 7.49. The quantitative estimate of drug-likeness (QED) is 0.642. The third-order valence-electron chi connectivity index (χ3n) is 2.38. The molecule has 0 unspecified atom stereocenters. The third kappa shape index (κ3) is 5.20. The maximum atomic E-state index is 11.5. The Hall–Kier alpha value is -3.08. The zero-order valence-corrected chi connectivity index (χ0v) is 10.8. The number of hydrogen-bond donors (Lipinski definition) is 3. The van der Waals surface area contributed by atoms with Gasteiger partial charge in [0.25, 0.3) is 5.91 Å². The Balaban J connectivity index is 2.59. The molecule has 8 nitrogen and oxygen atoms in total. The predicted molar refractivity (Wildman–Crippen MR) is 68.5 cm³/mol. The van der Waals surface area contributed by atoms with Crippen molar-refractivity contribution in [2.24, 2.45) is 0 Å². The lowest BCUT2D eigenvalue weighted by atomic mass is 10.2. The number of nitrogens with zero attached hydrogens (tertiary/aromatic N) is 1. The number of carboxylic acids is 2. The fraction of sp³-hybridized carbons (Fsp3) is 0.231. The van der Waals surface area contributed by atoms with E-state index in [1.807, 2.05) is 11.4 Å². The molecule has 0 fully saturated rings. The number of carboxylic acid groups (broad SMARTS) is 2. The molecule has 1 aromatic rings. The van der Waals surface area contributed by atoms with Crippen LogP contribution in [0.3, 0.4) is 0 Å². The molecule has 1 rings (SSSR count). The van der Waals surface area contributed by atoms with Gasteiger partial charge in [-0.3, -0.25) is 9.59 Å². The monoisotopic (exact) mass is 292 g/mol. The van der Waals surface area contributed by atoms with Gasteiger partial charge >= 0.3 is 11.9 Å². The number of para-hydroxylation sites is 1. The Labute approximate surface area is 119 Å². The van der Waals surface area contributed by atoms with Gasteiger partial charge in [0.1, 0.15) is 17.9 Å². The molecule has 0 heterocycles. The summed E-state index contributed by atoms with van der Waals surface area (Å²) in [4.78, 5) is 32.8. The molecule has 21 heavy (non-hydrogen) atoms. The van der Waals surface area contributed by atoms with Crippen molar-refractivity contribution in [1.29, 1.82) is 5.26 Å². The lowest BCUT2D eigenvalue weighted by molar-refractivity contribution is -0.147. The summed E-state index contributed by atoms with van der Waals surface area (Å²) in [5.41, 5.74) is 0.227. The molecule has 110 valence electrons. The number of amides is 1. The molecule has 0 aromatic heterocycles. The summed E-state index contributed by atoms with van der Waals surface area (Å²) < 4.78 is 5.10. The van der Waals surface area contributed by atoms with Crippen LogP contribution in [0.25, 0.3) is 0 Å². The summed E-state index contributed by atoms with van der Waals surface area (Å²) in [5.74, 6) is -3.42. The molecule has 0 saturated carbocycles. The summed E-state index contributed by atoms with van der Waals surface area (Å²) in [6.07, 6.45) is -0.740. The van der Waals surface area contributed by atoms with Crippen molar-refractivity contribution < 1.29 is 29.3 Å². The topological polar surface area (TPSA) is 137 Å². The van der Waals surface area contributed by atoms with Gasteiger partial charge in [-0.15, -0.1) is 0 Å². The number of carbonyl (C=O) groups is 3. The fourth-order valence-corrected chi connectivity index (χ4v) is 1.44. The molecule has 1 amide bonds. The van der Waals surface area contributed by atoms with Gasteiger partial charge in [0.2, 0.25) is 0 Å². The lowest BCUT2D eigenvalue weighted by Crippen LogP contribution is -2.44. The van der Waals surface area contributed by atoms with Crippen LogP contribution >= 0.6 is 0 Å². The van der Waals surface area contributed by atoms with Crippen LogP contribution < -0.4 is 10.1 Å². The molecular weight excluding hydrogens is 280 g/mol. The Kier molecular flexibility index (Phi) is 5.70. The Morgan fingerprint density at radius 1 is 1.29 bits per heavy atom. The number of nitriles is 1. The van der Waals surface area contributed by atoms with Gasteiger partial charge in [-0.25, -0.2) is 4.79 Å². The number of nitrogens with one attached hydrogen (secondary N) is 1. The largest absolute Gasteiger partial charge is 0.482 e. The molecule has 0 saturated heterocycles. The highest BCUT2D eigenvalue weighted by molar-refractivity contribution is 5.87. The highest BCUT2D eigenvalue weighted by atomic mass is 16.5. The van der Waals surface area contributed by atoms with Gasteiger partial charge in [-0.05, 0) is 12.1 Å². The van der Waals surface area contributed by atoms with Gasteiger partial charge in [-0.2, -0.15) is 5.26 Å². The minimum atomic E-state index is -1.54. The van der Waals surface area contributed by atoms with Crippen molar-refractivity contribution in [3.8, 4) is 11.8 Å². The van der Waals surface area contributed by atoms with E-state index in [1.165, 1.54) is 12.1 Å². The first-order chi connectivity index (χ1) is 9.93. The molecule has 0 aliphatic heterocycles. The second-order valence-corrected chi connectivity index (χ2v) is 3.95. The van der Waals surface area contributed by atoms with Crippen LogP contribution in [-0.4, -0.2) is 40.7 Å². The van der Waals surface area contributed by atoms with Gasteiger partial charge in [0.15, 0.2) is 6.61 Å². The molecule has 0 aliphatic carbocycles. The second-order valence-electron chi connectivity index (χ2n) is 3.95. The molecular formula is C13H12N2O6. The number of benzene rings is 1. The van der Waals surface area contributed by atoms with Crippen molar-refractivity contribution >= 4 is 17.8 Å². The Morgan fingerprint density at radius 2 is 1.95 bits per heavy atom. The summed E-state index contributed by atoms with van der Waals surface area (Å²) in [5, 5.41) is 28.2. The van der Waals surface area contributed by atoms with Crippen LogP contribution in [0.1, 0.15) is 12.0 Å². The maximum absolute atomic E-state index is 11.5. The van der Waals surface area contributed by atoms with E-state index in [0.29, 0.717) is 0 Å². The summed E-state index contributed by atoms with van der Waals surface area (Å²) in [7, 11) is 0. The van der Waals surface area contributed by atoms with Gasteiger partial charge in [0, 0.05) is 0 Å². The highest BCUT2D eigenvalue weighted by Gasteiger charge is 2.23. The molecule has 0 radical (unpaired) electrons. The number of ether oxygens (including phenoxy) is 1. The number of rotatable bonds is 7. The highest BCUT2D eigenvalue weighted by Crippen LogP contribution is 2.16. The average Bonchev–Trinajstić information content (AvgIpc) is 2.44. The van der Waals surface area contributed by atoms with Crippen LogP contribution in [0.15, 0.2) is 24.3 Å². The Bertz CT molecular complexity index is 593. The third-order valence-corrected chi connectivity index (χ3v) is 2.38. The van der Waals surface area contributed by atoms with E-state index in [2.05, 4.69) is 0 Å². The van der Waals surface area contributed by atoms with E-state index in [9.17, 15) is 14.4 Å². The predicted octanol–water partition coefficient (Wildman–Crippen LogP) is -0.0188. The fourth-order valence-electron chi connectivity index (χ4n) is 1.44. The van der Waals surface area contributed by atoms with E-state index in [0.717, 1.165) is 0 Å². The smallest absolute Gasteiger partial charge is 0.326 e. The van der Waals surface area contributed by atoms with Crippen LogP contribution in [-0.2, 0) is 14.4 Å². The zero-order valence-electron chi connectivity index (χ0n) is 10.8. The van der Waals surface area contributed by atoms with Crippen molar-refractivity contribution in [3.05, 3.63) is 29.8 Å². The van der Waals surface area contributed by atoms with Crippen molar-refractivity contribution in [3.63, 3.8) is 0 Å². The van der Waals surface area contributed by atoms with Gasteiger partial charge < -0.3 is 20.3 Å². The lowest BCUT2D eigenvalue weighted by Gasteiger charge is -2.13. The molecule has 0 spiro atoms. The standard InChI is InChI=1S/C13H12N2O6/c14-6-8-3-1-2-4-10(8)21-7-11(16)15-9(13(19)20)5-12(17)18/h1-4,9H,5,7H2,(H,15,16)(H,17,18)(H,19,20)/t9-/m0/s1. The summed E-state index contributed by atoms with van der Waals surface area (Å²) >= 11 is 0. The van der Waals surface area contributed by atoms with E-state index in [4.69, 9.17) is 20.2 Å². The van der Waals surface area contributed by atoms with Crippen LogP contribution in [0, 0.1) is 11.3 Å². The number of aliphatic carboxylic acids is 2. The maximum Gasteiger partial charge on any atom is 0.326 e. The van der Waals surface area contributed by atoms with Crippen molar-refractivity contribution in [2.45, 2.75) is 12.5 Å². The van der Waals surface area contributed by atoms with Gasteiger partial charge in [0.05, 0.1) is 12.0 Å². The minimum absolute atomic E-state index is 0.181. The summed E-state index contributed by atoms with van der Waals surface area (Å²) in [6, 6.07) is 6.55. The first-order valence-electron chi connectivity index (χ1n) is 5.80. The van der Waals surface area contributed by atoms with E-state index in [-0.39, 0.29) is 11.3 Å². The average molecular weight is 292 g/mol. The van der Waals surface area contributed by atoms with Crippen LogP contribution in [0.4, 0.5) is 0 Å². The molecule has 3 N–H and O–H groups in total. The van der Waals surface area contributed by atoms with Crippen molar-refractivity contribution in [1.82, 2.24) is 5.32 Å². The van der Waals surface area contributed by atoms with E-state index < -0.39 is 36.9 Å². The molecule has 0 bridgehead atoms. The first kappa shape index (κ1) is 16.0. The number of carbonyl (C=O) groups excluding carboxylic acids is 1. The molecule has 8 heteroatoms. The van der Waals surface area contributed by atoms with E-state index >= 15 is 0 Å². The van der Waals surface area contributed by atoms with Crippen molar-refractivity contribution in [2.75, 3.05) is 6.61 Å².